The molecule has 4 aromatic rings. The van der Waals surface area contributed by atoms with Gasteiger partial charge in [-0.3, -0.25) is 0 Å². The molecular formula is C22H18Cl2N2O. The van der Waals surface area contributed by atoms with Crippen molar-refractivity contribution in [1.82, 2.24) is 9.55 Å². The first-order valence-electron chi connectivity index (χ1n) is 8.81. The number of hydrogen-bond donors (Lipinski definition) is 0. The molecule has 0 bridgehead atoms. The lowest BCUT2D eigenvalue weighted by Crippen LogP contribution is -2.06. The summed E-state index contributed by atoms with van der Waals surface area (Å²) in [6.07, 6.45) is 0.822. The van der Waals surface area contributed by atoms with E-state index in [1.54, 1.807) is 0 Å². The number of rotatable bonds is 6. The van der Waals surface area contributed by atoms with E-state index >= 15 is 0 Å². The molecule has 1 aromatic heterocycles. The van der Waals surface area contributed by atoms with Crippen LogP contribution >= 0.6 is 23.2 Å². The zero-order chi connectivity index (χ0) is 18.6. The molecule has 0 N–H and O–H groups in total. The second-order valence-electron chi connectivity index (χ2n) is 6.19. The van der Waals surface area contributed by atoms with Gasteiger partial charge in [0.15, 0.2) is 0 Å². The molecule has 3 aromatic carbocycles. The van der Waals surface area contributed by atoms with Gasteiger partial charge in [-0.15, -0.1) is 0 Å². The van der Waals surface area contributed by atoms with E-state index in [1.165, 1.54) is 0 Å². The molecule has 3 nitrogen and oxygen atoms in total. The Labute approximate surface area is 168 Å². The molecule has 0 fully saturated rings. The van der Waals surface area contributed by atoms with Crippen LogP contribution in [0, 0.1) is 0 Å². The fraction of sp³-hybridized carbons (Fsp3) is 0.136. The second-order valence-corrected chi connectivity index (χ2v) is 7.00. The third-order valence-corrected chi connectivity index (χ3v) is 5.03. The summed E-state index contributed by atoms with van der Waals surface area (Å²) in [4.78, 5) is 4.81. The zero-order valence-corrected chi connectivity index (χ0v) is 16.1. The van der Waals surface area contributed by atoms with E-state index < -0.39 is 0 Å². The van der Waals surface area contributed by atoms with E-state index in [-0.39, 0.29) is 0 Å². The molecular weight excluding hydrogens is 379 g/mol. The predicted octanol–water partition coefficient (Wildman–Crippen LogP) is 6.48. The molecule has 0 unspecified atom stereocenters. The Kier molecular flexibility index (Phi) is 5.33. The van der Waals surface area contributed by atoms with Gasteiger partial charge in [0.1, 0.15) is 11.6 Å². The van der Waals surface area contributed by atoms with Gasteiger partial charge in [-0.1, -0.05) is 59.6 Å². The van der Waals surface area contributed by atoms with Crippen molar-refractivity contribution in [3.8, 4) is 17.1 Å². The van der Waals surface area contributed by atoms with E-state index in [4.69, 9.17) is 32.9 Å². The average molecular weight is 397 g/mol. The fourth-order valence-corrected chi connectivity index (χ4v) is 3.53. The summed E-state index contributed by atoms with van der Waals surface area (Å²) in [6.45, 7) is 1.34. The summed E-state index contributed by atoms with van der Waals surface area (Å²) in [5, 5.41) is 1.32. The van der Waals surface area contributed by atoms with Crippen molar-refractivity contribution in [2.75, 3.05) is 6.61 Å². The summed E-state index contributed by atoms with van der Waals surface area (Å²) >= 11 is 12.6. The van der Waals surface area contributed by atoms with E-state index in [0.29, 0.717) is 22.4 Å². The normalized spacial score (nSPS) is 11.0. The quantitative estimate of drug-likeness (QED) is 0.348. The molecule has 136 valence electrons. The van der Waals surface area contributed by atoms with Crippen molar-refractivity contribution in [1.29, 1.82) is 0 Å². The van der Waals surface area contributed by atoms with Gasteiger partial charge in [-0.25, -0.2) is 4.98 Å². The Morgan fingerprint density at radius 2 is 1.52 bits per heavy atom. The van der Waals surface area contributed by atoms with Gasteiger partial charge in [0, 0.05) is 12.1 Å². The molecule has 0 radical (unpaired) electrons. The highest BCUT2D eigenvalue weighted by Crippen LogP contribution is 2.30. The van der Waals surface area contributed by atoms with Gasteiger partial charge in [-0.2, -0.15) is 0 Å². The summed E-state index contributed by atoms with van der Waals surface area (Å²) in [5.74, 6) is 1.58. The van der Waals surface area contributed by atoms with Gasteiger partial charge >= 0.3 is 0 Å². The van der Waals surface area contributed by atoms with Crippen LogP contribution in [0.25, 0.3) is 22.4 Å². The number of halogens is 2. The topological polar surface area (TPSA) is 27.1 Å². The summed E-state index contributed by atoms with van der Waals surface area (Å²) in [5.41, 5.74) is 2.98. The lowest BCUT2D eigenvalue weighted by atomic mass is 10.2. The number of ether oxygens (including phenoxy) is 1. The Balaban J connectivity index is 1.58. The SMILES string of the molecule is Clc1ccccc1OCCCn1c(-c2ccccc2Cl)nc2ccccc21. The number of hydrogen-bond acceptors (Lipinski definition) is 2. The van der Waals surface area contributed by atoms with Crippen LogP contribution in [0.2, 0.25) is 10.0 Å². The molecule has 0 spiro atoms. The fourth-order valence-electron chi connectivity index (χ4n) is 3.12. The van der Waals surface area contributed by atoms with E-state index in [1.807, 2.05) is 66.7 Å². The van der Waals surface area contributed by atoms with Crippen LogP contribution < -0.4 is 4.74 Å². The van der Waals surface area contributed by atoms with Crippen LogP contribution in [0.1, 0.15) is 6.42 Å². The van der Waals surface area contributed by atoms with E-state index in [9.17, 15) is 0 Å². The van der Waals surface area contributed by atoms with Crippen molar-refractivity contribution in [3.05, 3.63) is 82.8 Å². The first kappa shape index (κ1) is 17.9. The number of aromatic nitrogens is 2. The zero-order valence-electron chi connectivity index (χ0n) is 14.6. The lowest BCUT2D eigenvalue weighted by molar-refractivity contribution is 0.303. The predicted molar refractivity (Wildman–Crippen MR) is 112 cm³/mol. The van der Waals surface area contributed by atoms with Gasteiger partial charge in [-0.05, 0) is 42.8 Å². The van der Waals surface area contributed by atoms with Crippen molar-refractivity contribution in [3.63, 3.8) is 0 Å². The molecule has 4 rings (SSSR count). The van der Waals surface area contributed by atoms with E-state index in [2.05, 4.69) is 10.6 Å². The number of benzene rings is 3. The standard InChI is InChI=1S/C22H18Cl2N2O/c23-17-9-2-1-8-16(17)22-25-19-11-4-5-12-20(19)26(22)14-7-15-27-21-13-6-3-10-18(21)24/h1-6,8-13H,7,14-15H2. The molecule has 5 heteroatoms. The third kappa shape index (κ3) is 3.80. The summed E-state index contributed by atoms with van der Waals surface area (Å²) in [7, 11) is 0. The van der Waals surface area contributed by atoms with Gasteiger partial charge in [0.25, 0.3) is 0 Å². The highest BCUT2D eigenvalue weighted by molar-refractivity contribution is 6.33. The van der Waals surface area contributed by atoms with Gasteiger partial charge < -0.3 is 9.30 Å². The second kappa shape index (κ2) is 8.03. The van der Waals surface area contributed by atoms with Crippen molar-refractivity contribution in [2.45, 2.75) is 13.0 Å². The Morgan fingerprint density at radius 3 is 2.33 bits per heavy atom. The molecule has 0 aliphatic rings. The highest BCUT2D eigenvalue weighted by atomic mass is 35.5. The molecule has 0 aliphatic heterocycles. The van der Waals surface area contributed by atoms with Crippen LogP contribution in [-0.2, 0) is 6.54 Å². The summed E-state index contributed by atoms with van der Waals surface area (Å²) < 4.78 is 8.03. The maximum atomic E-state index is 6.42. The molecule has 1 heterocycles. The van der Waals surface area contributed by atoms with Crippen LogP contribution in [0.4, 0.5) is 0 Å². The minimum absolute atomic E-state index is 0.568. The largest absolute Gasteiger partial charge is 0.492 e. The van der Waals surface area contributed by atoms with Crippen molar-refractivity contribution < 1.29 is 4.74 Å². The molecule has 0 amide bonds. The molecule has 0 saturated heterocycles. The number of para-hydroxylation sites is 3. The van der Waals surface area contributed by atoms with Gasteiger partial charge in [0.05, 0.1) is 27.7 Å². The minimum atomic E-state index is 0.568. The monoisotopic (exact) mass is 396 g/mol. The average Bonchev–Trinajstić information content (AvgIpc) is 3.05. The molecule has 27 heavy (non-hydrogen) atoms. The Hall–Kier alpha value is -2.49. The van der Waals surface area contributed by atoms with Crippen LogP contribution in [-0.4, -0.2) is 16.2 Å². The van der Waals surface area contributed by atoms with Crippen molar-refractivity contribution >= 4 is 34.2 Å². The third-order valence-electron chi connectivity index (χ3n) is 4.39. The van der Waals surface area contributed by atoms with Crippen LogP contribution in [0.3, 0.4) is 0 Å². The number of fused-ring (bicyclic) bond motifs is 1. The Morgan fingerprint density at radius 1 is 0.815 bits per heavy atom. The highest BCUT2D eigenvalue weighted by Gasteiger charge is 2.14. The first-order chi connectivity index (χ1) is 13.2. The molecule has 0 atom stereocenters. The molecule has 0 saturated carbocycles. The summed E-state index contributed by atoms with van der Waals surface area (Å²) in [6, 6.07) is 23.4. The number of aryl methyl sites for hydroxylation is 1. The molecule has 0 aliphatic carbocycles. The minimum Gasteiger partial charge on any atom is -0.492 e. The number of nitrogens with zero attached hydrogens (tertiary/aromatic N) is 2. The van der Waals surface area contributed by atoms with Crippen LogP contribution in [0.5, 0.6) is 5.75 Å². The maximum absolute atomic E-state index is 6.42. The maximum Gasteiger partial charge on any atom is 0.142 e. The van der Waals surface area contributed by atoms with E-state index in [0.717, 1.165) is 35.4 Å². The van der Waals surface area contributed by atoms with Crippen molar-refractivity contribution in [2.24, 2.45) is 0 Å². The Bertz CT molecular complexity index is 1070. The smallest absolute Gasteiger partial charge is 0.142 e. The lowest BCUT2D eigenvalue weighted by Gasteiger charge is -2.12. The first-order valence-corrected chi connectivity index (χ1v) is 9.57. The van der Waals surface area contributed by atoms with Gasteiger partial charge in [0.2, 0.25) is 0 Å². The number of imidazole rings is 1. The van der Waals surface area contributed by atoms with Crippen LogP contribution in [0.15, 0.2) is 72.8 Å².